The Morgan fingerprint density at radius 1 is 1.40 bits per heavy atom. The van der Waals surface area contributed by atoms with Crippen LogP contribution in [-0.4, -0.2) is 29.5 Å². The minimum Gasteiger partial charge on any atom is -0.346 e. The number of hydrogen-bond donors (Lipinski definition) is 2. The van der Waals surface area contributed by atoms with Crippen LogP contribution in [0.1, 0.15) is 36.3 Å². The zero-order valence-corrected chi connectivity index (χ0v) is 13.7. The number of nitrogens with zero attached hydrogens (tertiary/aromatic N) is 1. The van der Waals surface area contributed by atoms with E-state index >= 15 is 0 Å². The van der Waals surface area contributed by atoms with Crippen LogP contribution in [0.5, 0.6) is 0 Å². The Morgan fingerprint density at radius 2 is 2.10 bits per heavy atom. The Labute approximate surface area is 132 Å². The predicted molar refractivity (Wildman–Crippen MR) is 86.0 cm³/mol. The van der Waals surface area contributed by atoms with E-state index in [1.807, 2.05) is 19.1 Å². The van der Waals surface area contributed by atoms with Crippen LogP contribution in [-0.2, 0) is 0 Å². The lowest BCUT2D eigenvalue weighted by molar-refractivity contribution is 0.0892. The summed E-state index contributed by atoms with van der Waals surface area (Å²) < 4.78 is 0. The minimum absolute atomic E-state index is 0. The molecule has 114 valence electrons. The molecule has 0 radical (unpaired) electrons. The summed E-state index contributed by atoms with van der Waals surface area (Å²) in [4.78, 5) is 16.4. The molecule has 4 nitrogen and oxygen atoms in total. The summed E-state index contributed by atoms with van der Waals surface area (Å²) in [7, 11) is 0. The van der Waals surface area contributed by atoms with Gasteiger partial charge >= 0.3 is 0 Å². The van der Waals surface area contributed by atoms with Gasteiger partial charge in [-0.2, -0.15) is 0 Å². The smallest absolute Gasteiger partial charge is 0.270 e. The number of pyridine rings is 1. The summed E-state index contributed by atoms with van der Waals surface area (Å²) in [6.07, 6.45) is 2.75. The molecule has 1 aromatic rings. The van der Waals surface area contributed by atoms with E-state index in [2.05, 4.69) is 29.5 Å². The second-order valence-electron chi connectivity index (χ2n) is 5.18. The van der Waals surface area contributed by atoms with Crippen molar-refractivity contribution in [1.82, 2.24) is 15.6 Å². The maximum atomic E-state index is 12.2. The maximum absolute atomic E-state index is 12.2. The molecule has 6 heteroatoms. The van der Waals surface area contributed by atoms with Gasteiger partial charge in [-0.05, 0) is 44.4 Å². The normalized spacial score (nSPS) is 25.1. The zero-order valence-electron chi connectivity index (χ0n) is 12.1. The van der Waals surface area contributed by atoms with Crippen molar-refractivity contribution in [2.75, 3.05) is 6.54 Å². The Morgan fingerprint density at radius 3 is 2.70 bits per heavy atom. The number of carbonyl (C=O) groups is 1. The van der Waals surface area contributed by atoms with Crippen molar-refractivity contribution in [1.29, 1.82) is 0 Å². The highest BCUT2D eigenvalue weighted by Gasteiger charge is 2.29. The predicted octanol–water partition coefficient (Wildman–Crippen LogP) is 2.35. The number of carbonyl (C=O) groups excluding carboxylic acids is 1. The molecule has 0 aliphatic carbocycles. The van der Waals surface area contributed by atoms with Gasteiger partial charge in [0, 0.05) is 18.3 Å². The largest absolute Gasteiger partial charge is 0.346 e. The van der Waals surface area contributed by atoms with Crippen LogP contribution in [0, 0.1) is 12.8 Å². The van der Waals surface area contributed by atoms with Crippen molar-refractivity contribution in [3.05, 3.63) is 29.6 Å². The number of nitrogens with one attached hydrogen (secondary N) is 2. The van der Waals surface area contributed by atoms with Crippen LogP contribution in [0.4, 0.5) is 0 Å². The number of aromatic nitrogens is 1. The first-order chi connectivity index (χ1) is 8.59. The van der Waals surface area contributed by atoms with E-state index in [0.29, 0.717) is 17.7 Å². The molecule has 1 fully saturated rings. The van der Waals surface area contributed by atoms with Gasteiger partial charge in [-0.15, -0.1) is 24.8 Å². The second-order valence-corrected chi connectivity index (χ2v) is 5.18. The molecular weight excluding hydrogens is 297 g/mol. The molecule has 0 saturated carbocycles. The quantitative estimate of drug-likeness (QED) is 0.879. The van der Waals surface area contributed by atoms with Gasteiger partial charge in [-0.3, -0.25) is 9.78 Å². The maximum Gasteiger partial charge on any atom is 0.270 e. The second kappa shape index (κ2) is 8.45. The molecule has 1 saturated heterocycles. The fourth-order valence-corrected chi connectivity index (χ4v) is 2.55. The molecule has 1 amide bonds. The molecule has 0 aromatic carbocycles. The van der Waals surface area contributed by atoms with Crippen LogP contribution in [0.2, 0.25) is 0 Å². The molecule has 0 bridgehead atoms. The molecule has 1 aliphatic rings. The van der Waals surface area contributed by atoms with Crippen LogP contribution >= 0.6 is 24.8 Å². The van der Waals surface area contributed by atoms with E-state index in [9.17, 15) is 4.79 Å². The summed E-state index contributed by atoms with van der Waals surface area (Å²) in [5, 5.41) is 6.51. The van der Waals surface area contributed by atoms with Crippen molar-refractivity contribution in [2.24, 2.45) is 5.92 Å². The topological polar surface area (TPSA) is 54.0 Å². The molecule has 0 spiro atoms. The highest BCUT2D eigenvalue weighted by Crippen LogP contribution is 2.17. The first-order valence-corrected chi connectivity index (χ1v) is 6.55. The SMILES string of the molecule is Cc1cccnc1C(=O)NC1C(C)CCNC1C.Cl.Cl. The molecule has 1 aliphatic heterocycles. The minimum atomic E-state index is -0.0690. The van der Waals surface area contributed by atoms with Crippen LogP contribution in [0.3, 0.4) is 0 Å². The first kappa shape index (κ1) is 19.2. The number of aryl methyl sites for hydroxylation is 1. The van der Waals surface area contributed by atoms with Gasteiger partial charge in [-0.1, -0.05) is 13.0 Å². The molecule has 1 aromatic heterocycles. The molecule has 2 rings (SSSR count). The van der Waals surface area contributed by atoms with Crippen LogP contribution < -0.4 is 10.6 Å². The van der Waals surface area contributed by atoms with E-state index in [-0.39, 0.29) is 36.8 Å². The average molecular weight is 320 g/mol. The number of piperidine rings is 1. The Bertz CT molecular complexity index is 432. The molecule has 3 unspecified atom stereocenters. The van der Waals surface area contributed by atoms with E-state index in [0.717, 1.165) is 18.5 Å². The lowest BCUT2D eigenvalue weighted by Crippen LogP contribution is -2.56. The van der Waals surface area contributed by atoms with Crippen molar-refractivity contribution < 1.29 is 4.79 Å². The molecule has 2 N–H and O–H groups in total. The highest BCUT2D eigenvalue weighted by atomic mass is 35.5. The summed E-state index contributed by atoms with van der Waals surface area (Å²) in [5.74, 6) is 0.426. The zero-order chi connectivity index (χ0) is 13.1. The van der Waals surface area contributed by atoms with Gasteiger partial charge in [0.05, 0.1) is 0 Å². The third kappa shape index (κ3) is 4.33. The Kier molecular flexibility index (Phi) is 8.09. The standard InChI is InChI=1S/C14H21N3O.2ClH/c1-9-5-4-7-16-13(9)14(18)17-12-10(2)6-8-15-11(12)3;;/h4-5,7,10-12,15H,6,8H2,1-3H3,(H,17,18);2*1H. The molecule has 20 heavy (non-hydrogen) atoms. The highest BCUT2D eigenvalue weighted by molar-refractivity contribution is 5.93. The fourth-order valence-electron chi connectivity index (χ4n) is 2.55. The Hall–Kier alpha value is -0.840. The molecule has 3 atom stereocenters. The van der Waals surface area contributed by atoms with Crippen molar-refractivity contribution in [2.45, 2.75) is 39.3 Å². The summed E-state index contributed by atoms with van der Waals surface area (Å²) >= 11 is 0. The van der Waals surface area contributed by atoms with Crippen molar-refractivity contribution >= 4 is 30.7 Å². The van der Waals surface area contributed by atoms with Gasteiger partial charge in [-0.25, -0.2) is 0 Å². The lowest BCUT2D eigenvalue weighted by Gasteiger charge is -2.35. The summed E-state index contributed by atoms with van der Waals surface area (Å²) in [6, 6.07) is 4.24. The third-order valence-corrected chi connectivity index (χ3v) is 3.74. The number of hydrogen-bond acceptors (Lipinski definition) is 3. The molecular formula is C14H23Cl2N3O. The van der Waals surface area contributed by atoms with E-state index < -0.39 is 0 Å². The first-order valence-electron chi connectivity index (χ1n) is 6.55. The Balaban J connectivity index is 0.00000180. The lowest BCUT2D eigenvalue weighted by atomic mass is 9.89. The summed E-state index contributed by atoms with van der Waals surface area (Å²) in [6.45, 7) is 7.24. The number of rotatable bonds is 2. The van der Waals surface area contributed by atoms with Crippen molar-refractivity contribution in [3.8, 4) is 0 Å². The van der Waals surface area contributed by atoms with E-state index in [1.165, 1.54) is 0 Å². The van der Waals surface area contributed by atoms with E-state index in [4.69, 9.17) is 0 Å². The van der Waals surface area contributed by atoms with Gasteiger partial charge < -0.3 is 10.6 Å². The number of halogens is 2. The van der Waals surface area contributed by atoms with Gasteiger partial charge in [0.1, 0.15) is 5.69 Å². The van der Waals surface area contributed by atoms with Gasteiger partial charge in [0.25, 0.3) is 5.91 Å². The van der Waals surface area contributed by atoms with E-state index in [1.54, 1.807) is 6.20 Å². The average Bonchev–Trinajstić information content (AvgIpc) is 2.34. The van der Waals surface area contributed by atoms with Gasteiger partial charge in [0.2, 0.25) is 0 Å². The fraction of sp³-hybridized carbons (Fsp3) is 0.571. The summed E-state index contributed by atoms with van der Waals surface area (Å²) in [5.41, 5.74) is 1.45. The van der Waals surface area contributed by atoms with Crippen LogP contribution in [0.25, 0.3) is 0 Å². The monoisotopic (exact) mass is 319 g/mol. The third-order valence-electron chi connectivity index (χ3n) is 3.74. The molecule has 2 heterocycles. The van der Waals surface area contributed by atoms with Crippen molar-refractivity contribution in [3.63, 3.8) is 0 Å². The van der Waals surface area contributed by atoms with Crippen LogP contribution in [0.15, 0.2) is 18.3 Å². The number of amides is 1. The van der Waals surface area contributed by atoms with Gasteiger partial charge in [0.15, 0.2) is 0 Å².